The molecule has 0 spiro atoms. The second kappa shape index (κ2) is 10.3. The number of amides is 1. The van der Waals surface area contributed by atoms with E-state index in [0.29, 0.717) is 6.61 Å². The summed E-state index contributed by atoms with van der Waals surface area (Å²) in [5.74, 6) is 1.62. The first-order valence-corrected chi connectivity index (χ1v) is 10.9. The largest absolute Gasteiger partial charge is 0.492 e. The summed E-state index contributed by atoms with van der Waals surface area (Å²) in [7, 11) is 1.66. The highest BCUT2D eigenvalue weighted by Crippen LogP contribution is 2.31. The number of rotatable bonds is 7. The van der Waals surface area contributed by atoms with Gasteiger partial charge in [0, 0.05) is 25.9 Å². The first kappa shape index (κ1) is 21.1. The fraction of sp³-hybridized carbons (Fsp3) is 0.696. The van der Waals surface area contributed by atoms with Crippen LogP contribution >= 0.6 is 0 Å². The monoisotopic (exact) mass is 388 g/mol. The highest BCUT2D eigenvalue weighted by molar-refractivity contribution is 5.97. The molecule has 1 unspecified atom stereocenters. The van der Waals surface area contributed by atoms with Crippen molar-refractivity contribution in [1.82, 2.24) is 4.90 Å². The van der Waals surface area contributed by atoms with Crippen molar-refractivity contribution < 1.29 is 14.3 Å². The normalized spacial score (nSPS) is 23.0. The highest BCUT2D eigenvalue weighted by Gasteiger charge is 2.38. The van der Waals surface area contributed by atoms with Crippen molar-refractivity contribution >= 4 is 11.6 Å². The van der Waals surface area contributed by atoms with Gasteiger partial charge in [-0.1, -0.05) is 32.6 Å². The molecule has 1 aromatic rings. The Morgan fingerprint density at radius 3 is 2.50 bits per heavy atom. The third-order valence-corrected chi connectivity index (χ3v) is 6.25. The van der Waals surface area contributed by atoms with Gasteiger partial charge in [-0.3, -0.25) is 9.69 Å². The zero-order chi connectivity index (χ0) is 19.8. The standard InChI is InChI=1S/C23H36N2O3/c1-19-8-7-15-25(18-19)16-17-28-21-11-9-20(10-12-21)24-22(26)23(27-2)13-5-3-4-6-14-23/h9-12,19H,3-8,13-18H2,1-2H3,(H,24,26). The Hall–Kier alpha value is -1.59. The number of ether oxygens (including phenoxy) is 2. The van der Waals surface area contributed by atoms with E-state index in [2.05, 4.69) is 17.1 Å². The smallest absolute Gasteiger partial charge is 0.256 e. The summed E-state index contributed by atoms with van der Waals surface area (Å²) in [5, 5.41) is 3.04. The van der Waals surface area contributed by atoms with Crippen molar-refractivity contribution in [3.63, 3.8) is 0 Å². The number of hydrogen-bond acceptors (Lipinski definition) is 4. The van der Waals surface area contributed by atoms with Crippen molar-refractivity contribution in [3.8, 4) is 5.75 Å². The lowest BCUT2D eigenvalue weighted by Crippen LogP contribution is -2.44. The van der Waals surface area contributed by atoms with E-state index in [0.717, 1.165) is 49.6 Å². The van der Waals surface area contributed by atoms with Crippen molar-refractivity contribution in [2.75, 3.05) is 38.7 Å². The molecule has 1 aliphatic carbocycles. The van der Waals surface area contributed by atoms with Crippen LogP contribution in [0, 0.1) is 5.92 Å². The quantitative estimate of drug-likeness (QED) is 0.700. The van der Waals surface area contributed by atoms with E-state index >= 15 is 0 Å². The molecule has 5 nitrogen and oxygen atoms in total. The van der Waals surface area contributed by atoms with E-state index in [1.54, 1.807) is 7.11 Å². The minimum Gasteiger partial charge on any atom is -0.492 e. The maximum absolute atomic E-state index is 12.9. The maximum Gasteiger partial charge on any atom is 0.256 e. The van der Waals surface area contributed by atoms with E-state index in [-0.39, 0.29) is 5.91 Å². The Kier molecular flexibility index (Phi) is 7.74. The summed E-state index contributed by atoms with van der Waals surface area (Å²) in [5.41, 5.74) is 0.111. The summed E-state index contributed by atoms with van der Waals surface area (Å²) in [6, 6.07) is 7.69. The van der Waals surface area contributed by atoms with Crippen molar-refractivity contribution in [2.24, 2.45) is 5.92 Å². The zero-order valence-corrected chi connectivity index (χ0v) is 17.5. The van der Waals surface area contributed by atoms with Crippen LogP contribution in [0.1, 0.15) is 58.3 Å². The Labute approximate surface area is 169 Å². The van der Waals surface area contributed by atoms with Crippen LogP contribution in [-0.2, 0) is 9.53 Å². The van der Waals surface area contributed by atoms with E-state index in [9.17, 15) is 4.79 Å². The number of carbonyl (C=O) groups excluding carboxylic acids is 1. The molecule has 3 rings (SSSR count). The number of benzene rings is 1. The molecule has 1 N–H and O–H groups in total. The van der Waals surface area contributed by atoms with Gasteiger partial charge in [0.25, 0.3) is 5.91 Å². The molecule has 1 aromatic carbocycles. The third-order valence-electron chi connectivity index (χ3n) is 6.25. The predicted molar refractivity (Wildman–Crippen MR) is 113 cm³/mol. The van der Waals surface area contributed by atoms with Crippen molar-refractivity contribution in [1.29, 1.82) is 0 Å². The van der Waals surface area contributed by atoms with E-state index in [4.69, 9.17) is 9.47 Å². The van der Waals surface area contributed by atoms with Gasteiger partial charge in [0.2, 0.25) is 0 Å². The van der Waals surface area contributed by atoms with Crippen molar-refractivity contribution in [2.45, 2.75) is 63.9 Å². The average molecular weight is 389 g/mol. The Morgan fingerprint density at radius 1 is 1.14 bits per heavy atom. The molecule has 2 aliphatic rings. The lowest BCUT2D eigenvalue weighted by Gasteiger charge is -2.30. The molecule has 0 aromatic heterocycles. The molecule has 5 heteroatoms. The van der Waals surface area contributed by atoms with Gasteiger partial charge in [-0.25, -0.2) is 0 Å². The molecular formula is C23H36N2O3. The van der Waals surface area contributed by atoms with Crippen LogP contribution in [0.4, 0.5) is 5.69 Å². The second-order valence-corrected chi connectivity index (χ2v) is 8.49. The van der Waals surface area contributed by atoms with Crippen LogP contribution < -0.4 is 10.1 Å². The van der Waals surface area contributed by atoms with E-state index in [1.165, 1.54) is 38.8 Å². The molecule has 1 saturated heterocycles. The second-order valence-electron chi connectivity index (χ2n) is 8.49. The molecule has 1 atom stereocenters. The Balaban J connectivity index is 1.47. The molecule has 156 valence electrons. The Morgan fingerprint density at radius 2 is 1.86 bits per heavy atom. The number of likely N-dealkylation sites (tertiary alicyclic amines) is 1. The van der Waals surface area contributed by atoms with Gasteiger partial charge in [0.15, 0.2) is 0 Å². The van der Waals surface area contributed by atoms with Crippen LogP contribution in [0.3, 0.4) is 0 Å². The summed E-state index contributed by atoms with van der Waals surface area (Å²) >= 11 is 0. The summed E-state index contributed by atoms with van der Waals surface area (Å²) in [4.78, 5) is 15.3. The fourth-order valence-electron chi connectivity index (χ4n) is 4.49. The Bertz CT molecular complexity index is 609. The molecule has 0 bridgehead atoms. The van der Waals surface area contributed by atoms with Gasteiger partial charge >= 0.3 is 0 Å². The number of carbonyl (C=O) groups is 1. The average Bonchev–Trinajstić information content (AvgIpc) is 2.96. The highest BCUT2D eigenvalue weighted by atomic mass is 16.5. The molecule has 1 aliphatic heterocycles. The first-order valence-electron chi connectivity index (χ1n) is 10.9. The fourth-order valence-corrected chi connectivity index (χ4v) is 4.49. The maximum atomic E-state index is 12.9. The predicted octanol–water partition coefficient (Wildman–Crippen LogP) is 4.48. The number of methoxy groups -OCH3 is 1. The molecule has 1 saturated carbocycles. The van der Waals surface area contributed by atoms with E-state index < -0.39 is 5.60 Å². The van der Waals surface area contributed by atoms with Crippen LogP contribution in [0.15, 0.2) is 24.3 Å². The minimum atomic E-state index is -0.683. The first-order chi connectivity index (χ1) is 13.6. The SMILES string of the molecule is COC1(C(=O)Nc2ccc(OCCN3CCCC(C)C3)cc2)CCCCCC1. The molecule has 28 heavy (non-hydrogen) atoms. The summed E-state index contributed by atoms with van der Waals surface area (Å²) in [6.07, 6.45) is 8.68. The van der Waals surface area contributed by atoms with Gasteiger partial charge in [-0.2, -0.15) is 0 Å². The number of nitrogens with one attached hydrogen (secondary N) is 1. The summed E-state index contributed by atoms with van der Waals surface area (Å²) < 4.78 is 11.6. The third kappa shape index (κ3) is 5.71. The van der Waals surface area contributed by atoms with Crippen LogP contribution in [0.25, 0.3) is 0 Å². The van der Waals surface area contributed by atoms with Gasteiger partial charge in [0.05, 0.1) is 0 Å². The number of anilines is 1. The number of piperidine rings is 1. The molecule has 0 radical (unpaired) electrons. The molecule has 1 amide bonds. The lowest BCUT2D eigenvalue weighted by atomic mass is 9.93. The molecular weight excluding hydrogens is 352 g/mol. The van der Waals surface area contributed by atoms with Crippen LogP contribution in [-0.4, -0.2) is 49.8 Å². The van der Waals surface area contributed by atoms with E-state index in [1.807, 2.05) is 24.3 Å². The number of hydrogen-bond donors (Lipinski definition) is 1. The molecule has 1 heterocycles. The van der Waals surface area contributed by atoms with Gasteiger partial charge in [-0.15, -0.1) is 0 Å². The van der Waals surface area contributed by atoms with Crippen LogP contribution in [0.5, 0.6) is 5.75 Å². The topological polar surface area (TPSA) is 50.8 Å². The van der Waals surface area contributed by atoms with Crippen LogP contribution in [0.2, 0.25) is 0 Å². The minimum absolute atomic E-state index is 0.0233. The van der Waals surface area contributed by atoms with Crippen molar-refractivity contribution in [3.05, 3.63) is 24.3 Å². The molecule has 2 fully saturated rings. The van der Waals surface area contributed by atoms with Gasteiger partial charge < -0.3 is 14.8 Å². The summed E-state index contributed by atoms with van der Waals surface area (Å²) in [6.45, 7) is 6.35. The van der Waals surface area contributed by atoms with Gasteiger partial charge in [0.1, 0.15) is 18.0 Å². The zero-order valence-electron chi connectivity index (χ0n) is 17.5. The number of nitrogens with zero attached hydrogens (tertiary/aromatic N) is 1. The van der Waals surface area contributed by atoms with Gasteiger partial charge in [-0.05, 0) is 62.4 Å². The lowest BCUT2D eigenvalue weighted by molar-refractivity contribution is -0.139.